The summed E-state index contributed by atoms with van der Waals surface area (Å²) in [7, 11) is 0. The van der Waals surface area contributed by atoms with Crippen LogP contribution >= 0.6 is 0 Å². The Balaban J connectivity index is 2.91. The van der Waals surface area contributed by atoms with E-state index in [0.29, 0.717) is 5.92 Å². The van der Waals surface area contributed by atoms with E-state index in [9.17, 15) is 4.39 Å². The van der Waals surface area contributed by atoms with Crippen LogP contribution in [0.1, 0.15) is 31.3 Å². The molecule has 11 heavy (non-hydrogen) atoms. The quantitative estimate of drug-likeness (QED) is 0.651. The van der Waals surface area contributed by atoms with E-state index < -0.39 is 6.67 Å². The number of aromatic nitrogens is 2. The highest BCUT2D eigenvalue weighted by Gasteiger charge is 2.01. The van der Waals surface area contributed by atoms with Gasteiger partial charge < -0.3 is 0 Å². The van der Waals surface area contributed by atoms with Crippen LogP contribution in [0.25, 0.3) is 0 Å². The number of halogens is 1. The molecule has 0 saturated carbocycles. The van der Waals surface area contributed by atoms with Crippen LogP contribution in [-0.2, 0) is 6.67 Å². The van der Waals surface area contributed by atoms with Gasteiger partial charge in [0.15, 0.2) is 5.82 Å². The van der Waals surface area contributed by atoms with Crippen molar-refractivity contribution in [2.24, 2.45) is 0 Å². The van der Waals surface area contributed by atoms with Gasteiger partial charge in [-0.05, 0) is 12.0 Å². The van der Waals surface area contributed by atoms with Crippen molar-refractivity contribution in [3.05, 3.63) is 23.8 Å². The van der Waals surface area contributed by atoms with Gasteiger partial charge in [0.25, 0.3) is 0 Å². The second kappa shape index (κ2) is 3.42. The first-order valence-corrected chi connectivity index (χ1v) is 3.62. The minimum absolute atomic E-state index is 0.274. The van der Waals surface area contributed by atoms with Gasteiger partial charge >= 0.3 is 0 Å². The summed E-state index contributed by atoms with van der Waals surface area (Å²) in [4.78, 5) is 7.76. The lowest BCUT2D eigenvalue weighted by Crippen LogP contribution is -1.97. The Kier molecular flexibility index (Phi) is 2.52. The van der Waals surface area contributed by atoms with Gasteiger partial charge in [-0.1, -0.05) is 13.8 Å². The molecule has 0 N–H and O–H groups in total. The Labute approximate surface area is 65.5 Å². The van der Waals surface area contributed by atoms with Crippen molar-refractivity contribution in [3.8, 4) is 0 Å². The van der Waals surface area contributed by atoms with E-state index >= 15 is 0 Å². The van der Waals surface area contributed by atoms with Crippen LogP contribution < -0.4 is 0 Å². The smallest absolute Gasteiger partial charge is 0.159 e. The van der Waals surface area contributed by atoms with Gasteiger partial charge in [-0.15, -0.1) is 0 Å². The predicted molar refractivity (Wildman–Crippen MR) is 40.9 cm³/mol. The molecule has 0 aromatic carbocycles. The summed E-state index contributed by atoms with van der Waals surface area (Å²) in [5.74, 6) is 0.611. The Morgan fingerprint density at radius 3 is 2.82 bits per heavy atom. The number of rotatable bonds is 2. The van der Waals surface area contributed by atoms with Gasteiger partial charge in [-0.2, -0.15) is 0 Å². The molecule has 1 aromatic heterocycles. The van der Waals surface area contributed by atoms with Gasteiger partial charge in [0.2, 0.25) is 0 Å². The molecule has 1 heterocycles. The van der Waals surface area contributed by atoms with Crippen LogP contribution in [-0.4, -0.2) is 9.97 Å². The van der Waals surface area contributed by atoms with E-state index in [1.165, 1.54) is 0 Å². The van der Waals surface area contributed by atoms with E-state index in [0.717, 1.165) is 5.69 Å². The summed E-state index contributed by atoms with van der Waals surface area (Å²) in [5.41, 5.74) is 0.896. The molecule has 0 spiro atoms. The van der Waals surface area contributed by atoms with E-state index in [1.54, 1.807) is 6.20 Å². The topological polar surface area (TPSA) is 25.8 Å². The van der Waals surface area contributed by atoms with Gasteiger partial charge in [0.1, 0.15) is 6.67 Å². The molecule has 0 unspecified atom stereocenters. The zero-order chi connectivity index (χ0) is 8.27. The number of hydrogen-bond acceptors (Lipinski definition) is 2. The fourth-order valence-electron chi connectivity index (χ4n) is 0.801. The molecule has 0 amide bonds. The second-order valence-corrected chi connectivity index (χ2v) is 2.69. The van der Waals surface area contributed by atoms with Crippen LogP contribution in [0.4, 0.5) is 4.39 Å². The van der Waals surface area contributed by atoms with Crippen LogP contribution in [0.15, 0.2) is 12.3 Å². The molecule has 0 saturated heterocycles. The highest BCUT2D eigenvalue weighted by molar-refractivity contribution is 5.05. The molecule has 0 bridgehead atoms. The summed E-state index contributed by atoms with van der Waals surface area (Å²) in [5, 5.41) is 0. The standard InChI is InChI=1S/C8H11FN2/c1-6(2)7-3-4-10-8(5-9)11-7/h3-4,6H,5H2,1-2H3. The van der Waals surface area contributed by atoms with Crippen LogP contribution in [0.5, 0.6) is 0 Å². The first-order valence-electron chi connectivity index (χ1n) is 3.62. The SMILES string of the molecule is CC(C)c1ccnc(CF)n1. The first kappa shape index (κ1) is 8.11. The maximum atomic E-state index is 12.0. The maximum absolute atomic E-state index is 12.0. The van der Waals surface area contributed by atoms with Crippen LogP contribution in [0.2, 0.25) is 0 Å². The van der Waals surface area contributed by atoms with E-state index in [4.69, 9.17) is 0 Å². The Bertz CT molecular complexity index is 235. The third-order valence-corrected chi connectivity index (χ3v) is 1.44. The molecule has 0 aliphatic heterocycles. The summed E-state index contributed by atoms with van der Waals surface area (Å²) in [6, 6.07) is 1.81. The fourth-order valence-corrected chi connectivity index (χ4v) is 0.801. The van der Waals surface area contributed by atoms with E-state index in [1.807, 2.05) is 19.9 Å². The van der Waals surface area contributed by atoms with Crippen molar-refractivity contribution >= 4 is 0 Å². The number of hydrogen-bond donors (Lipinski definition) is 0. The van der Waals surface area contributed by atoms with E-state index in [2.05, 4.69) is 9.97 Å². The molecule has 3 heteroatoms. The van der Waals surface area contributed by atoms with Crippen LogP contribution in [0, 0.1) is 0 Å². The molecular weight excluding hydrogens is 143 g/mol. The van der Waals surface area contributed by atoms with Crippen molar-refractivity contribution in [2.75, 3.05) is 0 Å². The van der Waals surface area contributed by atoms with Crippen molar-refractivity contribution in [1.29, 1.82) is 0 Å². The van der Waals surface area contributed by atoms with Crippen molar-refractivity contribution in [1.82, 2.24) is 9.97 Å². The lowest BCUT2D eigenvalue weighted by atomic mass is 10.1. The average molecular weight is 154 g/mol. The minimum atomic E-state index is -0.583. The maximum Gasteiger partial charge on any atom is 0.159 e. The van der Waals surface area contributed by atoms with Gasteiger partial charge in [-0.3, -0.25) is 0 Å². The normalized spacial score (nSPS) is 10.5. The predicted octanol–water partition coefficient (Wildman–Crippen LogP) is 2.07. The second-order valence-electron chi connectivity index (χ2n) is 2.69. The average Bonchev–Trinajstić information content (AvgIpc) is 2.05. The molecule has 0 radical (unpaired) electrons. The fraction of sp³-hybridized carbons (Fsp3) is 0.500. The Hall–Kier alpha value is -0.990. The summed E-state index contributed by atoms with van der Waals surface area (Å²) < 4.78 is 12.0. The van der Waals surface area contributed by atoms with Crippen molar-refractivity contribution in [3.63, 3.8) is 0 Å². The summed E-state index contributed by atoms with van der Waals surface area (Å²) in [6.45, 7) is 3.45. The first-order chi connectivity index (χ1) is 5.24. The lowest BCUT2D eigenvalue weighted by molar-refractivity contribution is 0.463. The number of alkyl halides is 1. The summed E-state index contributed by atoms with van der Waals surface area (Å²) in [6.07, 6.45) is 1.59. The Morgan fingerprint density at radius 1 is 1.55 bits per heavy atom. The molecular formula is C8H11FN2. The van der Waals surface area contributed by atoms with Gasteiger partial charge in [0, 0.05) is 11.9 Å². The van der Waals surface area contributed by atoms with Crippen molar-refractivity contribution in [2.45, 2.75) is 26.4 Å². The third-order valence-electron chi connectivity index (χ3n) is 1.44. The molecule has 0 fully saturated rings. The largest absolute Gasteiger partial charge is 0.242 e. The highest BCUT2D eigenvalue weighted by Crippen LogP contribution is 2.09. The molecule has 2 nitrogen and oxygen atoms in total. The third kappa shape index (κ3) is 1.97. The van der Waals surface area contributed by atoms with Crippen LogP contribution in [0.3, 0.4) is 0 Å². The minimum Gasteiger partial charge on any atom is -0.242 e. The van der Waals surface area contributed by atoms with Gasteiger partial charge in [0.05, 0.1) is 0 Å². The monoisotopic (exact) mass is 154 g/mol. The molecule has 0 aliphatic rings. The Morgan fingerprint density at radius 2 is 2.27 bits per heavy atom. The van der Waals surface area contributed by atoms with Gasteiger partial charge in [-0.25, -0.2) is 14.4 Å². The molecule has 0 aliphatic carbocycles. The zero-order valence-corrected chi connectivity index (χ0v) is 6.71. The zero-order valence-electron chi connectivity index (χ0n) is 6.71. The molecule has 60 valence electrons. The number of nitrogens with zero attached hydrogens (tertiary/aromatic N) is 2. The highest BCUT2D eigenvalue weighted by atomic mass is 19.1. The van der Waals surface area contributed by atoms with E-state index in [-0.39, 0.29) is 5.82 Å². The molecule has 1 rings (SSSR count). The lowest BCUT2D eigenvalue weighted by Gasteiger charge is -2.03. The molecule has 0 atom stereocenters. The van der Waals surface area contributed by atoms with Crippen molar-refractivity contribution < 1.29 is 4.39 Å². The molecule has 1 aromatic rings. The summed E-state index contributed by atoms with van der Waals surface area (Å²) >= 11 is 0.